The van der Waals surface area contributed by atoms with Crippen LogP contribution in [0.25, 0.3) is 0 Å². The number of carbonyl (C=O) groups is 1. The van der Waals surface area contributed by atoms with Gasteiger partial charge in [0.2, 0.25) is 5.91 Å². The Kier molecular flexibility index (Phi) is 6.23. The molecule has 1 fully saturated rings. The Balaban J connectivity index is 2.43. The average Bonchev–Trinajstić information content (AvgIpc) is 2.79. The molecule has 2 N–H and O–H groups in total. The van der Waals surface area contributed by atoms with Crippen LogP contribution < -0.4 is 5.73 Å². The van der Waals surface area contributed by atoms with E-state index in [1.54, 1.807) is 14.2 Å². The van der Waals surface area contributed by atoms with E-state index in [2.05, 4.69) is 13.8 Å². The molecule has 0 radical (unpaired) electrons. The fraction of sp³-hybridized carbons (Fsp3) is 0.929. The molecule has 112 valence electrons. The van der Waals surface area contributed by atoms with Gasteiger partial charge in [-0.1, -0.05) is 13.8 Å². The van der Waals surface area contributed by atoms with Gasteiger partial charge in [-0.25, -0.2) is 0 Å². The van der Waals surface area contributed by atoms with Crippen molar-refractivity contribution in [3.8, 4) is 0 Å². The smallest absolute Gasteiger partial charge is 0.222 e. The summed E-state index contributed by atoms with van der Waals surface area (Å²) in [7, 11) is 3.32. The van der Waals surface area contributed by atoms with Crippen molar-refractivity contribution in [2.45, 2.75) is 45.3 Å². The predicted molar refractivity (Wildman–Crippen MR) is 74.9 cm³/mol. The first kappa shape index (κ1) is 16.4. The van der Waals surface area contributed by atoms with Crippen LogP contribution in [0.2, 0.25) is 0 Å². The molecule has 1 saturated heterocycles. The van der Waals surface area contributed by atoms with Crippen molar-refractivity contribution < 1.29 is 14.3 Å². The lowest BCUT2D eigenvalue weighted by Gasteiger charge is -2.25. The van der Waals surface area contributed by atoms with Gasteiger partial charge < -0.3 is 20.1 Å². The van der Waals surface area contributed by atoms with E-state index in [1.807, 2.05) is 4.90 Å². The van der Waals surface area contributed by atoms with Gasteiger partial charge in [0, 0.05) is 33.7 Å². The van der Waals surface area contributed by atoms with Gasteiger partial charge in [-0.2, -0.15) is 0 Å². The second-order valence-electron chi connectivity index (χ2n) is 6.05. The largest absolute Gasteiger partial charge is 0.377 e. The number of hydrogen-bond donors (Lipinski definition) is 1. The number of ether oxygens (including phenoxy) is 2. The molecule has 2 atom stereocenters. The van der Waals surface area contributed by atoms with E-state index in [1.165, 1.54) is 0 Å². The van der Waals surface area contributed by atoms with Crippen LogP contribution in [0.1, 0.15) is 33.1 Å². The summed E-state index contributed by atoms with van der Waals surface area (Å²) in [6, 6.07) is 0. The van der Waals surface area contributed by atoms with E-state index in [-0.39, 0.29) is 23.5 Å². The fourth-order valence-corrected chi connectivity index (χ4v) is 2.52. The maximum absolute atomic E-state index is 12.2. The minimum Gasteiger partial charge on any atom is -0.377 e. The molecule has 0 saturated carbocycles. The van der Waals surface area contributed by atoms with Crippen LogP contribution in [0.5, 0.6) is 0 Å². The minimum atomic E-state index is -0.00833. The number of nitrogens with two attached hydrogens (primary N) is 1. The van der Waals surface area contributed by atoms with Gasteiger partial charge in [-0.15, -0.1) is 0 Å². The summed E-state index contributed by atoms with van der Waals surface area (Å²) in [5, 5.41) is 0. The first-order valence-corrected chi connectivity index (χ1v) is 6.97. The summed E-state index contributed by atoms with van der Waals surface area (Å²) in [6.07, 6.45) is 2.37. The molecule has 19 heavy (non-hydrogen) atoms. The van der Waals surface area contributed by atoms with Gasteiger partial charge in [0.25, 0.3) is 0 Å². The fourth-order valence-electron chi connectivity index (χ4n) is 2.52. The highest BCUT2D eigenvalue weighted by Gasteiger charge is 2.35. The van der Waals surface area contributed by atoms with Crippen LogP contribution in [-0.4, -0.2) is 56.9 Å². The van der Waals surface area contributed by atoms with Crippen molar-refractivity contribution >= 4 is 5.91 Å². The number of amides is 1. The van der Waals surface area contributed by atoms with Gasteiger partial charge in [-0.05, 0) is 24.8 Å². The Morgan fingerprint density at radius 2 is 1.74 bits per heavy atom. The van der Waals surface area contributed by atoms with Gasteiger partial charge in [0.1, 0.15) is 12.2 Å². The van der Waals surface area contributed by atoms with Crippen molar-refractivity contribution in [2.75, 3.05) is 33.9 Å². The molecule has 0 aromatic heterocycles. The van der Waals surface area contributed by atoms with E-state index >= 15 is 0 Å². The lowest BCUT2D eigenvalue weighted by Crippen LogP contribution is -2.31. The Labute approximate surface area is 116 Å². The summed E-state index contributed by atoms with van der Waals surface area (Å²) < 4.78 is 10.7. The van der Waals surface area contributed by atoms with Crippen molar-refractivity contribution in [2.24, 2.45) is 11.1 Å². The predicted octanol–water partition coefficient (Wildman–Crippen LogP) is 1.01. The molecule has 5 heteroatoms. The molecule has 0 spiro atoms. The molecule has 0 aromatic rings. The molecular weight excluding hydrogens is 244 g/mol. The van der Waals surface area contributed by atoms with E-state index < -0.39 is 0 Å². The van der Waals surface area contributed by atoms with Gasteiger partial charge in [0.05, 0.1) is 0 Å². The Morgan fingerprint density at radius 3 is 2.16 bits per heavy atom. The van der Waals surface area contributed by atoms with Crippen LogP contribution in [0, 0.1) is 5.41 Å². The molecule has 5 nitrogen and oxygen atoms in total. The lowest BCUT2D eigenvalue weighted by atomic mass is 9.84. The molecule has 1 rings (SSSR count). The Bertz CT molecular complexity index is 282. The zero-order chi connectivity index (χ0) is 14.5. The quantitative estimate of drug-likeness (QED) is 0.751. The van der Waals surface area contributed by atoms with E-state index in [0.717, 1.165) is 12.8 Å². The molecule has 0 aliphatic carbocycles. The molecule has 1 aliphatic rings. The van der Waals surface area contributed by atoms with E-state index in [0.29, 0.717) is 26.1 Å². The van der Waals surface area contributed by atoms with Gasteiger partial charge in [-0.3, -0.25) is 4.79 Å². The molecular formula is C14H28N2O3. The van der Waals surface area contributed by atoms with Gasteiger partial charge in [0.15, 0.2) is 0 Å². The highest BCUT2D eigenvalue weighted by Crippen LogP contribution is 2.27. The third-order valence-electron chi connectivity index (χ3n) is 4.01. The molecule has 1 aliphatic heterocycles. The Hall–Kier alpha value is -0.650. The topological polar surface area (TPSA) is 64.8 Å². The zero-order valence-corrected chi connectivity index (χ0v) is 12.6. The van der Waals surface area contributed by atoms with Crippen molar-refractivity contribution in [1.82, 2.24) is 4.90 Å². The van der Waals surface area contributed by atoms with Crippen LogP contribution in [0.3, 0.4) is 0 Å². The molecule has 0 aromatic carbocycles. The number of hydrogen-bond acceptors (Lipinski definition) is 4. The van der Waals surface area contributed by atoms with Crippen molar-refractivity contribution in [3.63, 3.8) is 0 Å². The standard InChI is InChI=1S/C14H28N2O3/c1-14(2,7-8-15)6-5-13(17)16-9-11(18-3)12(10-16)19-4/h11-12H,5-10,15H2,1-4H3. The normalized spacial score (nSPS) is 23.9. The summed E-state index contributed by atoms with van der Waals surface area (Å²) in [6.45, 7) is 6.25. The molecule has 1 amide bonds. The lowest BCUT2D eigenvalue weighted by molar-refractivity contribution is -0.131. The number of nitrogens with zero attached hydrogens (tertiary/aromatic N) is 1. The highest BCUT2D eigenvalue weighted by atomic mass is 16.5. The van der Waals surface area contributed by atoms with Crippen LogP contribution >= 0.6 is 0 Å². The van der Waals surface area contributed by atoms with E-state index in [9.17, 15) is 4.79 Å². The maximum atomic E-state index is 12.2. The first-order chi connectivity index (χ1) is 8.93. The first-order valence-electron chi connectivity index (χ1n) is 6.97. The second-order valence-corrected chi connectivity index (χ2v) is 6.05. The van der Waals surface area contributed by atoms with Crippen molar-refractivity contribution in [3.05, 3.63) is 0 Å². The summed E-state index contributed by atoms with van der Waals surface area (Å²) in [5.41, 5.74) is 5.72. The summed E-state index contributed by atoms with van der Waals surface area (Å²) in [4.78, 5) is 14.1. The number of likely N-dealkylation sites (tertiary alicyclic amines) is 1. The minimum absolute atomic E-state index is 0.00833. The summed E-state index contributed by atoms with van der Waals surface area (Å²) >= 11 is 0. The maximum Gasteiger partial charge on any atom is 0.222 e. The highest BCUT2D eigenvalue weighted by molar-refractivity contribution is 5.76. The third-order valence-corrected chi connectivity index (χ3v) is 4.01. The van der Waals surface area contributed by atoms with Crippen LogP contribution in [-0.2, 0) is 14.3 Å². The molecule has 1 heterocycles. The second kappa shape index (κ2) is 7.22. The monoisotopic (exact) mass is 272 g/mol. The SMILES string of the molecule is COC1CN(C(=O)CCC(C)(C)CCN)CC1OC. The average molecular weight is 272 g/mol. The Morgan fingerprint density at radius 1 is 1.21 bits per heavy atom. The third kappa shape index (κ3) is 4.75. The van der Waals surface area contributed by atoms with Crippen LogP contribution in [0.4, 0.5) is 0 Å². The number of carbonyl (C=O) groups excluding carboxylic acids is 1. The molecule has 0 bridgehead atoms. The number of rotatable bonds is 7. The number of methoxy groups -OCH3 is 2. The zero-order valence-electron chi connectivity index (χ0n) is 12.6. The van der Waals surface area contributed by atoms with E-state index in [4.69, 9.17) is 15.2 Å². The van der Waals surface area contributed by atoms with Gasteiger partial charge >= 0.3 is 0 Å². The molecule has 2 unspecified atom stereocenters. The summed E-state index contributed by atoms with van der Waals surface area (Å²) in [5.74, 6) is 0.187. The van der Waals surface area contributed by atoms with Crippen molar-refractivity contribution in [1.29, 1.82) is 0 Å². The van der Waals surface area contributed by atoms with Crippen LogP contribution in [0.15, 0.2) is 0 Å².